The molecule has 2 rings (SSSR count). The Balaban J connectivity index is 1.95. The zero-order valence-electron chi connectivity index (χ0n) is 10.4. The second kappa shape index (κ2) is 5.40. The number of carbonyl (C=O) groups excluding carboxylic acids is 1. The van der Waals surface area contributed by atoms with Crippen LogP contribution in [0.1, 0.15) is 33.1 Å². The quantitative estimate of drug-likeness (QED) is 0.620. The first-order valence-electron chi connectivity index (χ1n) is 6.35. The topological polar surface area (TPSA) is 37.3 Å². The molecule has 3 heteroatoms. The Bertz CT molecular complexity index is 359. The van der Waals surface area contributed by atoms with Gasteiger partial charge in [-0.15, -0.1) is 0 Å². The van der Waals surface area contributed by atoms with Crippen molar-refractivity contribution >= 4 is 16.9 Å². The summed E-state index contributed by atoms with van der Waals surface area (Å²) in [5, 5.41) is 10.3. The largest absolute Gasteiger partial charge is 0.392 e. The molecule has 1 N–H and O–H groups in total. The third kappa shape index (κ3) is 2.50. The van der Waals surface area contributed by atoms with Crippen LogP contribution in [0.4, 0.5) is 0 Å². The van der Waals surface area contributed by atoms with Gasteiger partial charge in [0.25, 0.3) is 0 Å². The minimum atomic E-state index is -0.272. The number of allylic oxidation sites excluding steroid dienone is 3. The van der Waals surface area contributed by atoms with Crippen molar-refractivity contribution < 1.29 is 9.90 Å². The van der Waals surface area contributed by atoms with Crippen LogP contribution in [0.25, 0.3) is 0 Å². The van der Waals surface area contributed by atoms with Gasteiger partial charge in [0.05, 0.1) is 6.10 Å². The van der Waals surface area contributed by atoms with Crippen molar-refractivity contribution in [2.24, 2.45) is 11.8 Å². The number of aliphatic hydroxyl groups excluding tert-OH is 1. The molecular formula is C14H20O2S. The molecule has 0 spiro atoms. The van der Waals surface area contributed by atoms with Crippen LogP contribution >= 0.6 is 11.8 Å². The predicted molar refractivity (Wildman–Crippen MR) is 71.8 cm³/mol. The van der Waals surface area contributed by atoms with Gasteiger partial charge in [-0.25, -0.2) is 0 Å². The Hall–Kier alpha value is -0.540. The fourth-order valence-corrected chi connectivity index (χ4v) is 4.12. The number of fused-ring (bicyclic) bond motifs is 1. The van der Waals surface area contributed by atoms with E-state index in [1.54, 1.807) is 0 Å². The van der Waals surface area contributed by atoms with Crippen molar-refractivity contribution in [3.05, 3.63) is 23.8 Å². The summed E-state index contributed by atoms with van der Waals surface area (Å²) in [6.07, 6.45) is 8.67. The molecule has 17 heavy (non-hydrogen) atoms. The van der Waals surface area contributed by atoms with Gasteiger partial charge >= 0.3 is 0 Å². The van der Waals surface area contributed by atoms with E-state index < -0.39 is 0 Å². The van der Waals surface area contributed by atoms with Crippen LogP contribution in [0.15, 0.2) is 23.8 Å². The summed E-state index contributed by atoms with van der Waals surface area (Å²) >= 11 is 1.33. The lowest BCUT2D eigenvalue weighted by Gasteiger charge is -2.31. The maximum absolute atomic E-state index is 12.0. The first-order valence-corrected chi connectivity index (χ1v) is 7.23. The lowest BCUT2D eigenvalue weighted by Crippen LogP contribution is -2.30. The van der Waals surface area contributed by atoms with Crippen LogP contribution in [-0.2, 0) is 4.79 Å². The Morgan fingerprint density at radius 1 is 1.35 bits per heavy atom. The van der Waals surface area contributed by atoms with Gasteiger partial charge in [-0.1, -0.05) is 30.0 Å². The van der Waals surface area contributed by atoms with Crippen LogP contribution in [0.3, 0.4) is 0 Å². The van der Waals surface area contributed by atoms with Gasteiger partial charge in [-0.2, -0.15) is 0 Å². The molecule has 2 nitrogen and oxygen atoms in total. The molecule has 0 heterocycles. The highest BCUT2D eigenvalue weighted by Crippen LogP contribution is 2.50. The van der Waals surface area contributed by atoms with E-state index in [9.17, 15) is 9.90 Å². The van der Waals surface area contributed by atoms with Gasteiger partial charge in [-0.05, 0) is 44.9 Å². The van der Waals surface area contributed by atoms with Crippen molar-refractivity contribution in [3.8, 4) is 0 Å². The summed E-state index contributed by atoms with van der Waals surface area (Å²) in [6, 6.07) is 0. The Labute approximate surface area is 107 Å². The molecular weight excluding hydrogens is 232 g/mol. The lowest BCUT2D eigenvalue weighted by molar-refractivity contribution is -0.107. The molecule has 0 aromatic heterocycles. The van der Waals surface area contributed by atoms with Gasteiger partial charge < -0.3 is 5.11 Å². The monoisotopic (exact) mass is 252 g/mol. The summed E-state index contributed by atoms with van der Waals surface area (Å²) in [4.78, 5) is 12.0. The molecule has 0 aliphatic heterocycles. The second-order valence-corrected chi connectivity index (χ2v) is 6.13. The van der Waals surface area contributed by atoms with E-state index in [-0.39, 0.29) is 16.5 Å². The van der Waals surface area contributed by atoms with Crippen molar-refractivity contribution in [1.29, 1.82) is 0 Å². The SMILES string of the molecule is C/C=C\C(=C/C)C(=O)S[C@@H]1CC2CCC2C1O. The summed E-state index contributed by atoms with van der Waals surface area (Å²) in [6.45, 7) is 3.79. The number of hydrogen-bond acceptors (Lipinski definition) is 3. The molecule has 2 aliphatic rings. The maximum Gasteiger partial charge on any atom is 0.219 e. The first kappa shape index (κ1) is 12.9. The number of hydrogen-bond donors (Lipinski definition) is 1. The highest BCUT2D eigenvalue weighted by atomic mass is 32.2. The Morgan fingerprint density at radius 3 is 2.53 bits per heavy atom. The van der Waals surface area contributed by atoms with Crippen molar-refractivity contribution in [3.63, 3.8) is 0 Å². The highest BCUT2D eigenvalue weighted by molar-refractivity contribution is 8.14. The van der Waals surface area contributed by atoms with E-state index in [4.69, 9.17) is 0 Å². The maximum atomic E-state index is 12.0. The molecule has 0 aromatic rings. The van der Waals surface area contributed by atoms with Crippen molar-refractivity contribution in [2.75, 3.05) is 0 Å². The molecule has 2 fully saturated rings. The molecule has 0 saturated heterocycles. The normalized spacial score (nSPS) is 37.0. The average Bonchev–Trinajstić information content (AvgIpc) is 2.47. The Morgan fingerprint density at radius 2 is 2.12 bits per heavy atom. The summed E-state index contributed by atoms with van der Waals surface area (Å²) < 4.78 is 0. The lowest BCUT2D eigenvalue weighted by atomic mass is 9.76. The molecule has 0 aromatic carbocycles. The number of carbonyl (C=O) groups is 1. The molecule has 2 saturated carbocycles. The Kier molecular flexibility index (Phi) is 4.10. The van der Waals surface area contributed by atoms with Gasteiger partial charge in [-0.3, -0.25) is 4.79 Å². The van der Waals surface area contributed by atoms with E-state index in [0.717, 1.165) is 18.4 Å². The highest BCUT2D eigenvalue weighted by Gasteiger charge is 2.48. The smallest absolute Gasteiger partial charge is 0.219 e. The minimum Gasteiger partial charge on any atom is -0.392 e. The molecule has 94 valence electrons. The molecule has 2 aliphatic carbocycles. The van der Waals surface area contributed by atoms with Crippen molar-refractivity contribution in [2.45, 2.75) is 44.5 Å². The molecule has 0 radical (unpaired) electrons. The summed E-state index contributed by atoms with van der Waals surface area (Å²) in [5.41, 5.74) is 0.740. The standard InChI is InChI=1S/C14H20O2S/c1-3-5-9(4-2)14(16)17-12-8-10-6-7-11(10)13(12)15/h3-5,10-13,15H,6-8H2,1-2H3/b5-3-,9-4+/t10?,11?,12-,13?/m1/s1. The zero-order valence-corrected chi connectivity index (χ0v) is 11.2. The second-order valence-electron chi connectivity index (χ2n) is 4.92. The van der Waals surface area contributed by atoms with Gasteiger partial charge in [0.1, 0.15) is 0 Å². The molecule has 0 bridgehead atoms. The molecule has 3 unspecified atom stereocenters. The number of rotatable bonds is 3. The van der Waals surface area contributed by atoms with E-state index in [1.807, 2.05) is 32.1 Å². The van der Waals surface area contributed by atoms with Crippen LogP contribution in [0.5, 0.6) is 0 Å². The third-order valence-electron chi connectivity index (χ3n) is 3.98. The first-order chi connectivity index (χ1) is 8.17. The van der Waals surface area contributed by atoms with Gasteiger partial charge in [0.15, 0.2) is 0 Å². The fraction of sp³-hybridized carbons (Fsp3) is 0.643. The number of thioether (sulfide) groups is 1. The van der Waals surface area contributed by atoms with Crippen LogP contribution < -0.4 is 0 Å². The zero-order chi connectivity index (χ0) is 12.4. The van der Waals surface area contributed by atoms with Crippen LogP contribution in [-0.4, -0.2) is 21.6 Å². The predicted octanol–water partition coefficient (Wildman–Crippen LogP) is 2.93. The van der Waals surface area contributed by atoms with Gasteiger partial charge in [0.2, 0.25) is 5.12 Å². The van der Waals surface area contributed by atoms with Crippen LogP contribution in [0, 0.1) is 11.8 Å². The minimum absolute atomic E-state index is 0.0935. The van der Waals surface area contributed by atoms with E-state index in [1.165, 1.54) is 18.2 Å². The van der Waals surface area contributed by atoms with E-state index >= 15 is 0 Å². The molecule has 4 atom stereocenters. The van der Waals surface area contributed by atoms with Gasteiger partial charge in [0, 0.05) is 10.8 Å². The fourth-order valence-electron chi connectivity index (χ4n) is 2.84. The number of aliphatic hydroxyl groups is 1. The average molecular weight is 252 g/mol. The van der Waals surface area contributed by atoms with E-state index in [0.29, 0.717) is 11.8 Å². The summed E-state index contributed by atoms with van der Waals surface area (Å²) in [7, 11) is 0. The van der Waals surface area contributed by atoms with Crippen molar-refractivity contribution in [1.82, 2.24) is 0 Å². The van der Waals surface area contributed by atoms with Crippen LogP contribution in [0.2, 0.25) is 0 Å². The summed E-state index contributed by atoms with van der Waals surface area (Å²) in [5.74, 6) is 1.14. The van der Waals surface area contributed by atoms with E-state index in [2.05, 4.69) is 0 Å². The third-order valence-corrected chi connectivity index (χ3v) is 5.21. The molecule has 0 amide bonds.